The Morgan fingerprint density at radius 1 is 1.29 bits per heavy atom. The summed E-state index contributed by atoms with van der Waals surface area (Å²) in [6.07, 6.45) is 2.90. The van der Waals surface area contributed by atoms with Crippen LogP contribution in [0.1, 0.15) is 16.1 Å². The Balaban J connectivity index is 1.88. The predicted octanol–water partition coefficient (Wildman–Crippen LogP) is 2.23. The fourth-order valence-corrected chi connectivity index (χ4v) is 1.64. The van der Waals surface area contributed by atoms with E-state index in [1.165, 1.54) is 12.4 Å². The number of esters is 1. The normalized spacial score (nSPS) is 10.0. The summed E-state index contributed by atoms with van der Waals surface area (Å²) in [5.74, 6) is -1.12. The molecule has 2 aromatic heterocycles. The number of amides is 1. The summed E-state index contributed by atoms with van der Waals surface area (Å²) in [6.45, 7) is 1.39. The summed E-state index contributed by atoms with van der Waals surface area (Å²) in [5.41, 5.74) is 1.43. The SMILES string of the molecule is Cc1ccc(C(=O)OCC(=O)Nc2cccnc2Cl)cn1. The molecule has 0 fully saturated rings. The van der Waals surface area contributed by atoms with E-state index >= 15 is 0 Å². The van der Waals surface area contributed by atoms with Crippen LogP contribution in [-0.4, -0.2) is 28.5 Å². The minimum absolute atomic E-state index is 0.167. The number of hydrogen-bond acceptors (Lipinski definition) is 5. The fourth-order valence-electron chi connectivity index (χ4n) is 1.47. The van der Waals surface area contributed by atoms with Crippen molar-refractivity contribution in [1.29, 1.82) is 0 Å². The maximum atomic E-state index is 11.7. The molecule has 0 atom stereocenters. The van der Waals surface area contributed by atoms with Crippen LogP contribution in [0.15, 0.2) is 36.7 Å². The Kier molecular flexibility index (Phi) is 4.84. The number of aryl methyl sites for hydroxylation is 1. The van der Waals surface area contributed by atoms with E-state index in [-0.39, 0.29) is 10.7 Å². The van der Waals surface area contributed by atoms with Gasteiger partial charge < -0.3 is 10.1 Å². The highest BCUT2D eigenvalue weighted by Gasteiger charge is 2.11. The Morgan fingerprint density at radius 2 is 2.10 bits per heavy atom. The van der Waals surface area contributed by atoms with Crippen LogP contribution >= 0.6 is 11.6 Å². The van der Waals surface area contributed by atoms with Crippen molar-refractivity contribution in [2.24, 2.45) is 0 Å². The summed E-state index contributed by atoms with van der Waals surface area (Å²) in [6, 6.07) is 6.50. The summed E-state index contributed by atoms with van der Waals surface area (Å²) in [4.78, 5) is 31.2. The van der Waals surface area contributed by atoms with Gasteiger partial charge in [-0.3, -0.25) is 9.78 Å². The van der Waals surface area contributed by atoms with Gasteiger partial charge in [0.15, 0.2) is 11.8 Å². The average molecular weight is 306 g/mol. The number of aromatic nitrogens is 2. The number of carbonyl (C=O) groups excluding carboxylic acids is 2. The van der Waals surface area contributed by atoms with Gasteiger partial charge in [-0.15, -0.1) is 0 Å². The standard InChI is InChI=1S/C14H12ClN3O3/c1-9-4-5-10(7-17-9)14(20)21-8-12(19)18-11-3-2-6-16-13(11)15/h2-7H,8H2,1H3,(H,18,19). The number of halogens is 1. The Hall–Kier alpha value is -2.47. The molecule has 0 saturated heterocycles. The van der Waals surface area contributed by atoms with Gasteiger partial charge in [0, 0.05) is 18.1 Å². The molecule has 6 nitrogen and oxygen atoms in total. The number of pyridine rings is 2. The van der Waals surface area contributed by atoms with Crippen LogP contribution in [0.25, 0.3) is 0 Å². The maximum absolute atomic E-state index is 11.7. The van der Waals surface area contributed by atoms with Gasteiger partial charge in [-0.25, -0.2) is 9.78 Å². The minimum atomic E-state index is -0.616. The van der Waals surface area contributed by atoms with Crippen LogP contribution in [-0.2, 0) is 9.53 Å². The van der Waals surface area contributed by atoms with Gasteiger partial charge in [0.1, 0.15) is 0 Å². The van der Waals surface area contributed by atoms with Crippen molar-refractivity contribution in [1.82, 2.24) is 9.97 Å². The quantitative estimate of drug-likeness (QED) is 0.692. The molecule has 0 spiro atoms. The first-order valence-corrected chi connectivity index (χ1v) is 6.44. The maximum Gasteiger partial charge on any atom is 0.340 e. The topological polar surface area (TPSA) is 81.2 Å². The van der Waals surface area contributed by atoms with E-state index in [1.807, 2.05) is 0 Å². The van der Waals surface area contributed by atoms with Crippen molar-refractivity contribution >= 4 is 29.2 Å². The lowest BCUT2D eigenvalue weighted by Crippen LogP contribution is -2.21. The number of nitrogens with zero attached hydrogens (tertiary/aromatic N) is 2. The zero-order valence-corrected chi connectivity index (χ0v) is 11.9. The summed E-state index contributed by atoms with van der Waals surface area (Å²) in [5, 5.41) is 2.67. The molecule has 0 aliphatic rings. The van der Waals surface area contributed by atoms with E-state index in [9.17, 15) is 9.59 Å². The molecule has 0 unspecified atom stereocenters. The summed E-state index contributed by atoms with van der Waals surface area (Å²) < 4.78 is 4.89. The lowest BCUT2D eigenvalue weighted by molar-refractivity contribution is -0.119. The van der Waals surface area contributed by atoms with Gasteiger partial charge in [-0.05, 0) is 31.2 Å². The first-order chi connectivity index (χ1) is 10.1. The van der Waals surface area contributed by atoms with Crippen LogP contribution in [0.2, 0.25) is 5.15 Å². The Bertz CT molecular complexity index is 659. The number of hydrogen-bond donors (Lipinski definition) is 1. The largest absolute Gasteiger partial charge is 0.452 e. The monoisotopic (exact) mass is 305 g/mol. The van der Waals surface area contributed by atoms with Crippen LogP contribution in [0.3, 0.4) is 0 Å². The lowest BCUT2D eigenvalue weighted by Gasteiger charge is -2.07. The second kappa shape index (κ2) is 6.81. The molecule has 0 radical (unpaired) electrons. The van der Waals surface area contributed by atoms with Gasteiger partial charge in [0.05, 0.1) is 11.3 Å². The third-order valence-corrected chi connectivity index (χ3v) is 2.82. The highest BCUT2D eigenvalue weighted by Crippen LogP contribution is 2.17. The number of rotatable bonds is 4. The second-order valence-electron chi connectivity index (χ2n) is 4.15. The molecule has 21 heavy (non-hydrogen) atoms. The highest BCUT2D eigenvalue weighted by molar-refractivity contribution is 6.32. The highest BCUT2D eigenvalue weighted by atomic mass is 35.5. The van der Waals surface area contributed by atoms with Gasteiger partial charge in [-0.1, -0.05) is 11.6 Å². The number of ether oxygens (including phenoxy) is 1. The van der Waals surface area contributed by atoms with Crippen LogP contribution < -0.4 is 5.32 Å². The predicted molar refractivity (Wildman–Crippen MR) is 77.1 cm³/mol. The zero-order chi connectivity index (χ0) is 15.2. The fraction of sp³-hybridized carbons (Fsp3) is 0.143. The molecule has 0 aromatic carbocycles. The van der Waals surface area contributed by atoms with Gasteiger partial charge >= 0.3 is 5.97 Å². The van der Waals surface area contributed by atoms with E-state index in [0.717, 1.165) is 5.69 Å². The number of nitrogens with one attached hydrogen (secondary N) is 1. The van der Waals surface area contributed by atoms with E-state index in [2.05, 4.69) is 15.3 Å². The second-order valence-corrected chi connectivity index (χ2v) is 4.51. The lowest BCUT2D eigenvalue weighted by atomic mass is 10.2. The van der Waals surface area contributed by atoms with E-state index in [4.69, 9.17) is 16.3 Å². The van der Waals surface area contributed by atoms with Crippen LogP contribution in [0.5, 0.6) is 0 Å². The van der Waals surface area contributed by atoms with Crippen molar-refractivity contribution < 1.29 is 14.3 Å². The molecule has 108 valence electrons. The van der Waals surface area contributed by atoms with Crippen molar-refractivity contribution in [3.05, 3.63) is 53.1 Å². The third kappa shape index (κ3) is 4.25. The Morgan fingerprint density at radius 3 is 2.76 bits per heavy atom. The van der Waals surface area contributed by atoms with E-state index in [0.29, 0.717) is 5.69 Å². The van der Waals surface area contributed by atoms with Crippen molar-refractivity contribution in [2.75, 3.05) is 11.9 Å². The third-order valence-electron chi connectivity index (χ3n) is 2.51. The molecule has 0 bridgehead atoms. The summed E-state index contributed by atoms with van der Waals surface area (Å²) in [7, 11) is 0. The molecule has 1 amide bonds. The van der Waals surface area contributed by atoms with Crippen molar-refractivity contribution in [3.63, 3.8) is 0 Å². The average Bonchev–Trinajstić information content (AvgIpc) is 2.48. The van der Waals surface area contributed by atoms with Gasteiger partial charge in [0.2, 0.25) is 0 Å². The molecule has 2 heterocycles. The molecular formula is C14H12ClN3O3. The van der Waals surface area contributed by atoms with Gasteiger partial charge in [-0.2, -0.15) is 0 Å². The molecular weight excluding hydrogens is 294 g/mol. The van der Waals surface area contributed by atoms with Gasteiger partial charge in [0.25, 0.3) is 5.91 Å². The smallest absolute Gasteiger partial charge is 0.340 e. The number of anilines is 1. The zero-order valence-electron chi connectivity index (χ0n) is 11.2. The van der Waals surface area contributed by atoms with Crippen LogP contribution in [0, 0.1) is 6.92 Å². The molecule has 0 aliphatic carbocycles. The molecule has 0 saturated carbocycles. The minimum Gasteiger partial charge on any atom is -0.452 e. The molecule has 0 aliphatic heterocycles. The first kappa shape index (κ1) is 14.9. The van der Waals surface area contributed by atoms with E-state index < -0.39 is 18.5 Å². The summed E-state index contributed by atoms with van der Waals surface area (Å²) >= 11 is 5.80. The Labute approximate surface area is 126 Å². The van der Waals surface area contributed by atoms with Crippen LogP contribution in [0.4, 0.5) is 5.69 Å². The van der Waals surface area contributed by atoms with E-state index in [1.54, 1.807) is 31.2 Å². The molecule has 1 N–H and O–H groups in total. The molecule has 2 rings (SSSR count). The number of carbonyl (C=O) groups is 2. The molecule has 7 heteroatoms. The van der Waals surface area contributed by atoms with Crippen molar-refractivity contribution in [2.45, 2.75) is 6.92 Å². The first-order valence-electron chi connectivity index (χ1n) is 6.06. The van der Waals surface area contributed by atoms with Crippen molar-refractivity contribution in [3.8, 4) is 0 Å². The molecule has 2 aromatic rings.